The Labute approximate surface area is 180 Å². The minimum absolute atomic E-state index is 0.0865. The molecule has 1 amide bonds. The largest absolute Gasteiger partial charge is 0.368 e. The van der Waals surface area contributed by atoms with E-state index in [4.69, 9.17) is 0 Å². The Morgan fingerprint density at radius 2 is 1.73 bits per heavy atom. The summed E-state index contributed by atoms with van der Waals surface area (Å²) in [6, 6.07) is 18.2. The zero-order valence-corrected chi connectivity index (χ0v) is 18.2. The third-order valence-corrected chi connectivity index (χ3v) is 7.92. The molecular formula is C22H23N3O3S2. The summed E-state index contributed by atoms with van der Waals surface area (Å²) in [5.41, 5.74) is 3.29. The Kier molecular flexibility index (Phi) is 5.78. The molecule has 3 aromatic rings. The van der Waals surface area contributed by atoms with Crippen LogP contribution in [0.2, 0.25) is 0 Å². The van der Waals surface area contributed by atoms with Crippen LogP contribution in [0.25, 0.3) is 0 Å². The van der Waals surface area contributed by atoms with Crippen molar-refractivity contribution in [2.75, 3.05) is 35.8 Å². The molecule has 1 N–H and O–H groups in total. The second kappa shape index (κ2) is 8.49. The van der Waals surface area contributed by atoms with Crippen molar-refractivity contribution in [3.8, 4) is 0 Å². The number of nitrogens with zero attached hydrogens (tertiary/aromatic N) is 2. The smallest absolute Gasteiger partial charge is 0.271 e. The first kappa shape index (κ1) is 20.4. The van der Waals surface area contributed by atoms with Gasteiger partial charge in [-0.15, -0.1) is 11.3 Å². The van der Waals surface area contributed by atoms with Crippen LogP contribution in [-0.2, 0) is 10.0 Å². The van der Waals surface area contributed by atoms with Crippen LogP contribution >= 0.6 is 11.3 Å². The summed E-state index contributed by atoms with van der Waals surface area (Å²) in [7, 11) is -3.64. The van der Waals surface area contributed by atoms with Crippen molar-refractivity contribution in [1.29, 1.82) is 0 Å². The van der Waals surface area contributed by atoms with E-state index in [2.05, 4.69) is 28.7 Å². The van der Waals surface area contributed by atoms with Crippen LogP contribution in [0.15, 0.2) is 70.3 Å². The summed E-state index contributed by atoms with van der Waals surface area (Å²) in [5.74, 6) is -0.0865. The van der Waals surface area contributed by atoms with Gasteiger partial charge in [-0.25, -0.2) is 8.42 Å². The number of thiophene rings is 1. The normalized spacial score (nSPS) is 14.6. The lowest BCUT2D eigenvalue weighted by Crippen LogP contribution is -2.49. The Morgan fingerprint density at radius 3 is 2.43 bits per heavy atom. The highest BCUT2D eigenvalue weighted by Crippen LogP contribution is 2.23. The number of amides is 1. The lowest BCUT2D eigenvalue weighted by Gasteiger charge is -2.36. The second-order valence-corrected chi connectivity index (χ2v) is 10.0. The molecule has 1 aliphatic heterocycles. The fourth-order valence-corrected chi connectivity index (χ4v) is 5.63. The van der Waals surface area contributed by atoms with Crippen LogP contribution < -0.4 is 9.62 Å². The number of hydrogen-bond donors (Lipinski definition) is 1. The minimum atomic E-state index is -3.64. The summed E-state index contributed by atoms with van der Waals surface area (Å²) in [5, 5.41) is 1.71. The molecule has 0 spiro atoms. The molecule has 2 heterocycles. The van der Waals surface area contributed by atoms with Gasteiger partial charge in [-0.1, -0.05) is 30.3 Å². The zero-order chi connectivity index (χ0) is 21.1. The summed E-state index contributed by atoms with van der Waals surface area (Å²) < 4.78 is 27.7. The van der Waals surface area contributed by atoms with Crippen molar-refractivity contribution in [3.63, 3.8) is 0 Å². The van der Waals surface area contributed by atoms with Gasteiger partial charge >= 0.3 is 0 Å². The van der Waals surface area contributed by atoms with E-state index >= 15 is 0 Å². The van der Waals surface area contributed by atoms with E-state index in [1.54, 1.807) is 41.8 Å². The molecule has 0 saturated carbocycles. The van der Waals surface area contributed by atoms with E-state index in [9.17, 15) is 13.2 Å². The number of para-hydroxylation sites is 1. The number of rotatable bonds is 5. The first-order chi connectivity index (χ1) is 14.4. The van der Waals surface area contributed by atoms with Gasteiger partial charge in [0, 0.05) is 43.1 Å². The van der Waals surface area contributed by atoms with Gasteiger partial charge in [-0.05, 0) is 48.2 Å². The molecule has 0 unspecified atom stereocenters. The number of carbonyl (C=O) groups excluding carboxylic acids is 1. The predicted molar refractivity (Wildman–Crippen MR) is 121 cm³/mol. The van der Waals surface area contributed by atoms with Gasteiger partial charge < -0.3 is 9.80 Å². The fraction of sp³-hybridized carbons (Fsp3) is 0.227. The highest BCUT2D eigenvalue weighted by molar-refractivity contribution is 7.94. The second-order valence-electron chi connectivity index (χ2n) is 7.18. The average molecular weight is 442 g/mol. The third-order valence-electron chi connectivity index (χ3n) is 5.14. The number of sulfonamides is 1. The highest BCUT2D eigenvalue weighted by atomic mass is 32.2. The summed E-state index contributed by atoms with van der Waals surface area (Å²) >= 11 is 1.15. The molecule has 1 saturated heterocycles. The van der Waals surface area contributed by atoms with Crippen molar-refractivity contribution in [3.05, 3.63) is 77.2 Å². The summed E-state index contributed by atoms with van der Waals surface area (Å²) in [4.78, 5) is 17.1. The van der Waals surface area contributed by atoms with Crippen LogP contribution in [0.4, 0.5) is 11.4 Å². The number of benzene rings is 2. The lowest BCUT2D eigenvalue weighted by atomic mass is 10.1. The Balaban J connectivity index is 1.43. The van der Waals surface area contributed by atoms with E-state index in [1.165, 1.54) is 11.3 Å². The number of aryl methyl sites for hydroxylation is 1. The van der Waals surface area contributed by atoms with Gasteiger partial charge in [0.05, 0.1) is 0 Å². The lowest BCUT2D eigenvalue weighted by molar-refractivity contribution is 0.0747. The molecule has 0 bridgehead atoms. The first-order valence-electron chi connectivity index (χ1n) is 9.70. The molecule has 8 heteroatoms. The molecular weight excluding hydrogens is 418 g/mol. The van der Waals surface area contributed by atoms with Gasteiger partial charge in [-0.2, -0.15) is 0 Å². The number of hydrogen-bond acceptors (Lipinski definition) is 5. The monoisotopic (exact) mass is 441 g/mol. The number of nitrogens with one attached hydrogen (secondary N) is 1. The molecule has 30 heavy (non-hydrogen) atoms. The average Bonchev–Trinajstić information content (AvgIpc) is 3.30. The summed E-state index contributed by atoms with van der Waals surface area (Å²) in [6.45, 7) is 4.87. The highest BCUT2D eigenvalue weighted by Gasteiger charge is 2.23. The van der Waals surface area contributed by atoms with Crippen LogP contribution in [0.5, 0.6) is 0 Å². The van der Waals surface area contributed by atoms with Gasteiger partial charge in [0.1, 0.15) is 4.21 Å². The molecule has 1 fully saturated rings. The van der Waals surface area contributed by atoms with E-state index < -0.39 is 10.0 Å². The number of piperazine rings is 1. The summed E-state index contributed by atoms with van der Waals surface area (Å²) in [6.07, 6.45) is 0. The maximum Gasteiger partial charge on any atom is 0.271 e. The number of anilines is 2. The van der Waals surface area contributed by atoms with Crippen LogP contribution in [0, 0.1) is 6.92 Å². The molecule has 0 aliphatic carbocycles. The fourth-order valence-electron chi connectivity index (χ4n) is 3.59. The minimum Gasteiger partial charge on any atom is -0.368 e. The molecule has 1 aliphatic rings. The molecule has 2 aromatic carbocycles. The van der Waals surface area contributed by atoms with Crippen molar-refractivity contribution in [2.45, 2.75) is 11.1 Å². The van der Waals surface area contributed by atoms with Crippen molar-refractivity contribution in [2.24, 2.45) is 0 Å². The van der Waals surface area contributed by atoms with E-state index in [-0.39, 0.29) is 10.1 Å². The Hall–Kier alpha value is -2.84. The molecule has 0 atom stereocenters. The zero-order valence-electron chi connectivity index (χ0n) is 16.6. The predicted octanol–water partition coefficient (Wildman–Crippen LogP) is 3.82. The third kappa shape index (κ3) is 4.34. The van der Waals surface area contributed by atoms with Gasteiger partial charge in [0.25, 0.3) is 15.9 Å². The Bertz CT molecular complexity index is 1140. The van der Waals surface area contributed by atoms with Gasteiger partial charge in [0.2, 0.25) is 0 Å². The van der Waals surface area contributed by atoms with Crippen LogP contribution in [-0.4, -0.2) is 45.4 Å². The van der Waals surface area contributed by atoms with Crippen molar-refractivity contribution < 1.29 is 13.2 Å². The SMILES string of the molecule is Cc1ccccc1N1CCN(C(=O)c2cccc(NS(=O)(=O)c3cccs3)c2)CC1. The molecule has 0 radical (unpaired) electrons. The molecule has 6 nitrogen and oxygen atoms in total. The molecule has 156 valence electrons. The topological polar surface area (TPSA) is 69.7 Å². The van der Waals surface area contributed by atoms with Crippen molar-refractivity contribution in [1.82, 2.24) is 4.90 Å². The van der Waals surface area contributed by atoms with Gasteiger partial charge in [-0.3, -0.25) is 9.52 Å². The molecule has 4 rings (SSSR count). The first-order valence-corrected chi connectivity index (χ1v) is 12.1. The Morgan fingerprint density at radius 1 is 0.967 bits per heavy atom. The number of carbonyl (C=O) groups is 1. The molecule has 1 aromatic heterocycles. The maximum absolute atomic E-state index is 13.0. The van der Waals surface area contributed by atoms with Crippen LogP contribution in [0.3, 0.4) is 0 Å². The van der Waals surface area contributed by atoms with E-state index in [1.807, 2.05) is 17.0 Å². The quantitative estimate of drug-likeness (QED) is 0.654. The van der Waals surface area contributed by atoms with Crippen molar-refractivity contribution >= 4 is 38.6 Å². The van der Waals surface area contributed by atoms with Crippen LogP contribution in [0.1, 0.15) is 15.9 Å². The standard InChI is InChI=1S/C22H23N3O3S2/c1-17-6-2-3-9-20(17)24-11-13-25(14-12-24)22(26)18-7-4-8-19(16-18)23-30(27,28)21-10-5-15-29-21/h2-10,15-16,23H,11-14H2,1H3. The van der Waals surface area contributed by atoms with E-state index in [0.717, 1.165) is 24.4 Å². The van der Waals surface area contributed by atoms with E-state index in [0.29, 0.717) is 24.3 Å². The van der Waals surface area contributed by atoms with Gasteiger partial charge in [0.15, 0.2) is 0 Å². The maximum atomic E-state index is 13.0.